The van der Waals surface area contributed by atoms with E-state index in [2.05, 4.69) is 14.9 Å². The first-order valence-corrected chi connectivity index (χ1v) is 8.58. The molecule has 3 saturated carbocycles. The van der Waals surface area contributed by atoms with Gasteiger partial charge in [-0.15, -0.1) is 0 Å². The predicted octanol–water partition coefficient (Wildman–Crippen LogP) is 2.35. The first-order valence-electron chi connectivity index (χ1n) is 8.58. The molecule has 3 N–H and O–H groups in total. The standard InChI is InChI=1S/C17H16F3N5/c18-17(19,20)9-3-8(4-23-14(9)21)11-6-25(15(24-11)7-1-2-7)16-10-5-22-13(16)12(10)16/h3-4,6-7,10,12-13,22H,1-2,5H2,(H2,21,23)/t10-,12-,13?,16-/m0/s1. The van der Waals surface area contributed by atoms with E-state index in [1.54, 1.807) is 0 Å². The topological polar surface area (TPSA) is 68.8 Å². The van der Waals surface area contributed by atoms with Crippen molar-refractivity contribution in [3.63, 3.8) is 0 Å². The predicted molar refractivity (Wildman–Crippen MR) is 83.6 cm³/mol. The highest BCUT2D eigenvalue weighted by molar-refractivity contribution is 5.63. The Bertz CT molecular complexity index is 892. The molecule has 4 atom stereocenters. The number of imidazole rings is 1. The van der Waals surface area contributed by atoms with Gasteiger partial charge in [-0.3, -0.25) is 0 Å². The third-order valence-electron chi connectivity index (χ3n) is 6.37. The van der Waals surface area contributed by atoms with Gasteiger partial charge in [0.05, 0.1) is 16.8 Å². The third-order valence-corrected chi connectivity index (χ3v) is 6.37. The number of nitrogens with zero attached hydrogens (tertiary/aromatic N) is 3. The molecule has 1 unspecified atom stereocenters. The maximum atomic E-state index is 13.1. The minimum atomic E-state index is -4.52. The summed E-state index contributed by atoms with van der Waals surface area (Å²) < 4.78 is 41.7. The number of hydrogen-bond acceptors (Lipinski definition) is 4. The molecule has 5 nitrogen and oxygen atoms in total. The van der Waals surface area contributed by atoms with E-state index in [4.69, 9.17) is 10.7 Å². The van der Waals surface area contributed by atoms with Crippen molar-refractivity contribution < 1.29 is 13.2 Å². The summed E-state index contributed by atoms with van der Waals surface area (Å²) in [7, 11) is 0. The van der Waals surface area contributed by atoms with Crippen LogP contribution in [0.15, 0.2) is 18.5 Å². The van der Waals surface area contributed by atoms with Crippen LogP contribution >= 0.6 is 0 Å². The van der Waals surface area contributed by atoms with E-state index in [1.807, 2.05) is 6.20 Å². The van der Waals surface area contributed by atoms with Gasteiger partial charge in [0.15, 0.2) is 0 Å². The Kier molecular flexibility index (Phi) is 2.26. The van der Waals surface area contributed by atoms with E-state index >= 15 is 0 Å². The van der Waals surface area contributed by atoms with Crippen LogP contribution in [-0.2, 0) is 11.7 Å². The number of aromatic nitrogens is 3. The molecule has 3 aliphatic carbocycles. The van der Waals surface area contributed by atoms with Gasteiger partial charge in [-0.05, 0) is 18.9 Å². The monoisotopic (exact) mass is 347 g/mol. The number of halogens is 3. The molecule has 130 valence electrons. The van der Waals surface area contributed by atoms with Crippen molar-refractivity contribution >= 4 is 5.82 Å². The van der Waals surface area contributed by atoms with Crippen LogP contribution < -0.4 is 11.1 Å². The van der Waals surface area contributed by atoms with Crippen molar-refractivity contribution in [1.82, 2.24) is 19.9 Å². The molecule has 4 heterocycles. The molecule has 7 rings (SSSR count). The van der Waals surface area contributed by atoms with Gasteiger partial charge in [0.1, 0.15) is 11.6 Å². The molecule has 2 aliphatic heterocycles. The summed E-state index contributed by atoms with van der Waals surface area (Å²) >= 11 is 0. The molecule has 0 radical (unpaired) electrons. The minimum absolute atomic E-state index is 0.150. The summed E-state index contributed by atoms with van der Waals surface area (Å²) in [5, 5.41) is 3.52. The molecule has 2 bridgehead atoms. The molecule has 0 spiro atoms. The fourth-order valence-electron chi connectivity index (χ4n) is 4.90. The molecule has 5 aliphatic rings. The smallest absolute Gasteiger partial charge is 0.383 e. The molecule has 2 aromatic heterocycles. The van der Waals surface area contributed by atoms with Crippen LogP contribution in [0.2, 0.25) is 0 Å². The number of rotatable bonds is 3. The summed E-state index contributed by atoms with van der Waals surface area (Å²) in [6.45, 7) is 1.04. The zero-order valence-electron chi connectivity index (χ0n) is 13.2. The number of nitrogens with two attached hydrogens (primary N) is 1. The second-order valence-electron chi connectivity index (χ2n) is 7.69. The first-order chi connectivity index (χ1) is 11.9. The van der Waals surface area contributed by atoms with Gasteiger partial charge in [0.25, 0.3) is 0 Å². The van der Waals surface area contributed by atoms with Gasteiger partial charge >= 0.3 is 6.18 Å². The van der Waals surface area contributed by atoms with Crippen LogP contribution in [0.5, 0.6) is 0 Å². The van der Waals surface area contributed by atoms with E-state index in [-0.39, 0.29) is 5.54 Å². The maximum Gasteiger partial charge on any atom is 0.419 e. The van der Waals surface area contributed by atoms with E-state index in [0.717, 1.165) is 31.3 Å². The maximum absolute atomic E-state index is 13.1. The molecule has 0 aromatic carbocycles. The Morgan fingerprint density at radius 2 is 2.12 bits per heavy atom. The molecule has 8 heteroatoms. The lowest BCUT2D eigenvalue weighted by molar-refractivity contribution is -0.137. The highest BCUT2D eigenvalue weighted by Gasteiger charge is 2.91. The van der Waals surface area contributed by atoms with E-state index in [1.165, 1.54) is 6.20 Å². The number of pyridine rings is 1. The average Bonchev–Trinajstić information content (AvgIpc) is 3.49. The van der Waals surface area contributed by atoms with Gasteiger partial charge in [-0.25, -0.2) is 9.97 Å². The van der Waals surface area contributed by atoms with Gasteiger partial charge in [-0.2, -0.15) is 13.2 Å². The Morgan fingerprint density at radius 1 is 1.32 bits per heavy atom. The lowest BCUT2D eigenvalue weighted by Gasteiger charge is -2.12. The second-order valence-corrected chi connectivity index (χ2v) is 7.69. The van der Waals surface area contributed by atoms with Crippen LogP contribution in [0.1, 0.15) is 30.1 Å². The molecular weight excluding hydrogens is 331 g/mol. The van der Waals surface area contributed by atoms with Crippen LogP contribution in [0.25, 0.3) is 11.3 Å². The number of hydrogen-bond donors (Lipinski definition) is 2. The van der Waals surface area contributed by atoms with Crippen molar-refractivity contribution in [2.75, 3.05) is 12.3 Å². The summed E-state index contributed by atoms with van der Waals surface area (Å²) in [5.74, 6) is 2.31. The van der Waals surface area contributed by atoms with Crippen molar-refractivity contribution in [3.8, 4) is 11.3 Å². The Balaban J connectivity index is 1.46. The molecule has 2 aromatic rings. The largest absolute Gasteiger partial charge is 0.419 e. The van der Waals surface area contributed by atoms with Gasteiger partial charge in [0.2, 0.25) is 0 Å². The fraction of sp³-hybridized carbons (Fsp3) is 0.529. The molecule has 25 heavy (non-hydrogen) atoms. The summed E-state index contributed by atoms with van der Waals surface area (Å²) in [6, 6.07) is 1.58. The zero-order chi connectivity index (χ0) is 17.1. The van der Waals surface area contributed by atoms with Crippen molar-refractivity contribution in [2.24, 2.45) is 11.8 Å². The lowest BCUT2D eigenvalue weighted by atomic mass is 10.1. The van der Waals surface area contributed by atoms with Crippen molar-refractivity contribution in [2.45, 2.75) is 36.5 Å². The number of alkyl halides is 3. The molecule has 2 saturated heterocycles. The van der Waals surface area contributed by atoms with Crippen molar-refractivity contribution in [1.29, 1.82) is 0 Å². The number of nitrogens with one attached hydrogen (secondary N) is 1. The normalized spacial score (nSPS) is 34.9. The lowest BCUT2D eigenvalue weighted by Crippen LogP contribution is -2.21. The Hall–Kier alpha value is -2.09. The van der Waals surface area contributed by atoms with Gasteiger partial charge in [-0.1, -0.05) is 0 Å². The quantitative estimate of drug-likeness (QED) is 0.894. The Labute approximate surface area is 141 Å². The van der Waals surface area contributed by atoms with E-state index in [0.29, 0.717) is 35.1 Å². The van der Waals surface area contributed by atoms with E-state index in [9.17, 15) is 13.2 Å². The summed E-state index contributed by atoms with van der Waals surface area (Å²) in [5.41, 5.74) is 5.60. The number of nitrogen functional groups attached to an aromatic ring is 1. The zero-order valence-corrected chi connectivity index (χ0v) is 13.2. The Morgan fingerprint density at radius 3 is 2.72 bits per heavy atom. The summed E-state index contributed by atoms with van der Waals surface area (Å²) in [4.78, 5) is 8.46. The number of piperidine rings is 1. The first kappa shape index (κ1) is 14.1. The molecule has 5 fully saturated rings. The minimum Gasteiger partial charge on any atom is -0.383 e. The van der Waals surface area contributed by atoms with Crippen molar-refractivity contribution in [3.05, 3.63) is 29.8 Å². The fourth-order valence-corrected chi connectivity index (χ4v) is 4.90. The highest BCUT2D eigenvalue weighted by Crippen LogP contribution is 2.80. The SMILES string of the molecule is Nc1ncc(-c2cn([C@@]34C5NC[C@H]3[C@@H]54)c(C3CC3)n2)cc1C(F)(F)F. The van der Waals surface area contributed by atoms with Gasteiger partial charge < -0.3 is 15.6 Å². The number of fused-ring (bicyclic) bond motifs is 1. The van der Waals surface area contributed by atoms with Crippen LogP contribution in [0.3, 0.4) is 0 Å². The van der Waals surface area contributed by atoms with E-state index < -0.39 is 17.6 Å². The van der Waals surface area contributed by atoms with Gasteiger partial charge in [0, 0.05) is 48.3 Å². The molecular formula is C17H16F3N5. The number of anilines is 1. The third kappa shape index (κ3) is 1.63. The van der Waals surface area contributed by atoms with Crippen LogP contribution in [0.4, 0.5) is 19.0 Å². The van der Waals surface area contributed by atoms with Crippen LogP contribution in [0, 0.1) is 11.8 Å². The summed E-state index contributed by atoms with van der Waals surface area (Å²) in [6.07, 6.45) is 1.01. The average molecular weight is 347 g/mol. The van der Waals surface area contributed by atoms with Crippen LogP contribution in [-0.4, -0.2) is 27.1 Å². The molecule has 0 amide bonds. The second kappa shape index (κ2) is 4.00. The highest BCUT2D eigenvalue weighted by atomic mass is 19.4.